The van der Waals surface area contributed by atoms with Crippen molar-refractivity contribution in [1.29, 1.82) is 0 Å². The summed E-state index contributed by atoms with van der Waals surface area (Å²) in [4.78, 5) is 18.8. The van der Waals surface area contributed by atoms with Gasteiger partial charge in [0.15, 0.2) is 5.13 Å². The molecule has 2 aliphatic rings. The predicted molar refractivity (Wildman–Crippen MR) is 119 cm³/mol. The topological polar surface area (TPSA) is 65.5 Å². The molecular weight excluding hydrogens is 425 g/mol. The minimum absolute atomic E-state index is 0.216. The van der Waals surface area contributed by atoms with Crippen LogP contribution in [0.1, 0.15) is 42.5 Å². The second-order valence-electron chi connectivity index (χ2n) is 8.23. The van der Waals surface area contributed by atoms with Gasteiger partial charge in [-0.15, -0.1) is 22.9 Å². The number of anilines is 1. The molecule has 4 rings (SSSR count). The standard InChI is InChI=1S/C22H27ClFN3O2S/c23-10-11-27(22(28)29)13-14-4-8-17(9-5-14)25-21-26-20-18-12-16(24)7-6-15(18)2-1-3-19(20)30-21/h6-7,12,14,17H,1-5,8-11,13H2,(H,25,26)(H,28,29). The molecule has 0 spiro atoms. The van der Waals surface area contributed by atoms with Crippen molar-refractivity contribution in [2.45, 2.75) is 51.0 Å². The van der Waals surface area contributed by atoms with E-state index in [9.17, 15) is 14.3 Å². The van der Waals surface area contributed by atoms with Crippen LogP contribution >= 0.6 is 22.9 Å². The second-order valence-corrected chi connectivity index (χ2v) is 9.69. The molecule has 1 saturated carbocycles. The summed E-state index contributed by atoms with van der Waals surface area (Å²) in [6, 6.07) is 5.38. The van der Waals surface area contributed by atoms with Gasteiger partial charge in [0.1, 0.15) is 5.82 Å². The van der Waals surface area contributed by atoms with E-state index in [0.29, 0.717) is 30.9 Å². The fourth-order valence-corrected chi connectivity index (χ4v) is 5.86. The summed E-state index contributed by atoms with van der Waals surface area (Å²) in [5.41, 5.74) is 3.04. The van der Waals surface area contributed by atoms with Crippen LogP contribution in [0.3, 0.4) is 0 Å². The van der Waals surface area contributed by atoms with Crippen molar-refractivity contribution in [3.8, 4) is 11.3 Å². The fraction of sp³-hybridized carbons (Fsp3) is 0.545. The van der Waals surface area contributed by atoms with Crippen LogP contribution in [-0.4, -0.2) is 46.1 Å². The van der Waals surface area contributed by atoms with Gasteiger partial charge >= 0.3 is 6.09 Å². The number of halogens is 2. The summed E-state index contributed by atoms with van der Waals surface area (Å²) in [7, 11) is 0. The molecule has 1 fully saturated rings. The Morgan fingerprint density at radius 1 is 1.30 bits per heavy atom. The van der Waals surface area contributed by atoms with Crippen molar-refractivity contribution in [3.05, 3.63) is 34.5 Å². The number of carbonyl (C=O) groups is 1. The number of thiazole rings is 1. The molecule has 2 aliphatic carbocycles. The van der Waals surface area contributed by atoms with Crippen LogP contribution < -0.4 is 5.32 Å². The lowest BCUT2D eigenvalue weighted by Crippen LogP contribution is -2.38. The molecule has 1 heterocycles. The van der Waals surface area contributed by atoms with Gasteiger partial charge in [-0.3, -0.25) is 0 Å². The Morgan fingerprint density at radius 2 is 2.10 bits per heavy atom. The maximum atomic E-state index is 13.8. The molecule has 162 valence electrons. The van der Waals surface area contributed by atoms with Crippen molar-refractivity contribution < 1.29 is 14.3 Å². The Labute approximate surface area is 185 Å². The summed E-state index contributed by atoms with van der Waals surface area (Å²) in [6.45, 7) is 0.935. The summed E-state index contributed by atoms with van der Waals surface area (Å²) < 4.78 is 13.8. The van der Waals surface area contributed by atoms with E-state index in [0.717, 1.165) is 61.3 Å². The van der Waals surface area contributed by atoms with Gasteiger partial charge in [0, 0.05) is 35.5 Å². The number of hydrogen-bond acceptors (Lipinski definition) is 4. The lowest BCUT2D eigenvalue weighted by atomic mass is 9.86. The van der Waals surface area contributed by atoms with Crippen LogP contribution in [-0.2, 0) is 12.8 Å². The van der Waals surface area contributed by atoms with Gasteiger partial charge in [-0.25, -0.2) is 14.2 Å². The van der Waals surface area contributed by atoms with Gasteiger partial charge in [-0.05, 0) is 68.6 Å². The maximum Gasteiger partial charge on any atom is 0.407 e. The Morgan fingerprint density at radius 3 is 2.83 bits per heavy atom. The van der Waals surface area contributed by atoms with Gasteiger partial charge < -0.3 is 15.3 Å². The zero-order chi connectivity index (χ0) is 21.1. The van der Waals surface area contributed by atoms with E-state index in [1.54, 1.807) is 17.4 Å². The van der Waals surface area contributed by atoms with Crippen molar-refractivity contribution in [3.63, 3.8) is 0 Å². The van der Waals surface area contributed by atoms with Crippen LogP contribution in [0, 0.1) is 11.7 Å². The largest absolute Gasteiger partial charge is 0.465 e. The summed E-state index contributed by atoms with van der Waals surface area (Å²) in [6.07, 6.45) is 6.07. The van der Waals surface area contributed by atoms with E-state index in [4.69, 9.17) is 16.6 Å². The van der Waals surface area contributed by atoms with Crippen molar-refractivity contribution in [2.75, 3.05) is 24.3 Å². The van der Waals surface area contributed by atoms with Gasteiger partial charge in [0.05, 0.1) is 5.69 Å². The van der Waals surface area contributed by atoms with Crippen LogP contribution in [0.4, 0.5) is 14.3 Å². The molecule has 0 bridgehead atoms. The molecule has 8 heteroatoms. The number of aromatic nitrogens is 1. The minimum Gasteiger partial charge on any atom is -0.465 e. The van der Waals surface area contributed by atoms with Gasteiger partial charge in [-0.1, -0.05) is 6.07 Å². The van der Waals surface area contributed by atoms with E-state index >= 15 is 0 Å². The number of fused-ring (bicyclic) bond motifs is 3. The third-order valence-electron chi connectivity index (χ3n) is 6.15. The van der Waals surface area contributed by atoms with Gasteiger partial charge in [0.25, 0.3) is 0 Å². The maximum absolute atomic E-state index is 13.8. The minimum atomic E-state index is -0.892. The van der Waals surface area contributed by atoms with Crippen LogP contribution in [0.2, 0.25) is 0 Å². The first kappa shape index (κ1) is 21.4. The molecule has 1 aromatic heterocycles. The van der Waals surface area contributed by atoms with Crippen molar-refractivity contribution >= 4 is 34.2 Å². The SMILES string of the molecule is O=C(O)N(CCCl)CC1CCC(Nc2nc3c(s2)CCCc2ccc(F)cc2-3)CC1. The number of aryl methyl sites for hydroxylation is 2. The Bertz CT molecular complexity index is 899. The molecule has 1 amide bonds. The molecule has 2 N–H and O–H groups in total. The van der Waals surface area contributed by atoms with Crippen molar-refractivity contribution in [2.24, 2.45) is 5.92 Å². The lowest BCUT2D eigenvalue weighted by Gasteiger charge is -2.31. The first-order valence-electron chi connectivity index (χ1n) is 10.6. The summed E-state index contributed by atoms with van der Waals surface area (Å²) in [5, 5.41) is 13.8. The highest BCUT2D eigenvalue weighted by Crippen LogP contribution is 2.38. The number of hydrogen-bond donors (Lipinski definition) is 2. The zero-order valence-corrected chi connectivity index (χ0v) is 18.4. The van der Waals surface area contributed by atoms with E-state index < -0.39 is 6.09 Å². The van der Waals surface area contributed by atoms with Crippen LogP contribution in [0.5, 0.6) is 0 Å². The quantitative estimate of drug-likeness (QED) is 0.559. The molecule has 30 heavy (non-hydrogen) atoms. The Hall–Kier alpha value is -1.86. The number of amides is 1. The molecular formula is C22H27ClFN3O2S. The molecule has 5 nitrogen and oxygen atoms in total. The zero-order valence-electron chi connectivity index (χ0n) is 16.9. The highest BCUT2D eigenvalue weighted by atomic mass is 35.5. The highest BCUT2D eigenvalue weighted by molar-refractivity contribution is 7.16. The lowest BCUT2D eigenvalue weighted by molar-refractivity contribution is 0.133. The average Bonchev–Trinajstić information content (AvgIpc) is 3.04. The molecule has 0 atom stereocenters. The number of carboxylic acid groups (broad SMARTS) is 1. The Balaban J connectivity index is 1.38. The number of nitrogens with one attached hydrogen (secondary N) is 1. The molecule has 0 radical (unpaired) electrons. The first-order valence-corrected chi connectivity index (χ1v) is 12.0. The third-order valence-corrected chi connectivity index (χ3v) is 7.37. The molecule has 0 saturated heterocycles. The van der Waals surface area contributed by atoms with E-state index in [-0.39, 0.29) is 5.82 Å². The van der Waals surface area contributed by atoms with E-state index in [1.807, 2.05) is 6.07 Å². The normalized spacial score (nSPS) is 20.7. The van der Waals surface area contributed by atoms with Crippen molar-refractivity contribution in [1.82, 2.24) is 9.88 Å². The molecule has 1 aromatic carbocycles. The smallest absolute Gasteiger partial charge is 0.407 e. The van der Waals surface area contributed by atoms with Crippen LogP contribution in [0.25, 0.3) is 11.3 Å². The number of nitrogens with zero attached hydrogens (tertiary/aromatic N) is 2. The van der Waals surface area contributed by atoms with Gasteiger partial charge in [-0.2, -0.15) is 0 Å². The first-order chi connectivity index (χ1) is 14.5. The number of alkyl halides is 1. The third kappa shape index (κ3) is 4.89. The average molecular weight is 452 g/mol. The molecule has 0 unspecified atom stereocenters. The predicted octanol–water partition coefficient (Wildman–Crippen LogP) is 5.63. The Kier molecular flexibility index (Phi) is 6.78. The fourth-order valence-electron chi connectivity index (χ4n) is 4.56. The molecule has 0 aliphatic heterocycles. The second kappa shape index (κ2) is 9.52. The highest BCUT2D eigenvalue weighted by Gasteiger charge is 2.26. The van der Waals surface area contributed by atoms with Gasteiger partial charge in [0.2, 0.25) is 0 Å². The molecule has 2 aromatic rings. The van der Waals surface area contributed by atoms with E-state index in [1.165, 1.54) is 21.4 Å². The van der Waals surface area contributed by atoms with E-state index in [2.05, 4.69) is 5.32 Å². The monoisotopic (exact) mass is 451 g/mol. The summed E-state index contributed by atoms with van der Waals surface area (Å²) in [5.74, 6) is 0.488. The number of rotatable bonds is 6. The van der Waals surface area contributed by atoms with Crippen LogP contribution in [0.15, 0.2) is 18.2 Å². The summed E-state index contributed by atoms with van der Waals surface area (Å²) >= 11 is 7.41. The number of benzene rings is 1.